The summed E-state index contributed by atoms with van der Waals surface area (Å²) in [6.07, 6.45) is -4.53. The lowest BCUT2D eigenvalue weighted by molar-refractivity contribution is -0.138. The van der Waals surface area contributed by atoms with Crippen molar-refractivity contribution in [3.8, 4) is 0 Å². The number of anilines is 1. The minimum atomic E-state index is -4.53. The Kier molecular flexibility index (Phi) is 7.23. The van der Waals surface area contributed by atoms with Crippen molar-refractivity contribution in [2.24, 2.45) is 17.6 Å². The summed E-state index contributed by atoms with van der Waals surface area (Å²) in [7, 11) is 2.08. The van der Waals surface area contributed by atoms with Gasteiger partial charge in [0.05, 0.1) is 12.1 Å². The lowest BCUT2D eigenvalue weighted by atomic mass is 9.89. The van der Waals surface area contributed by atoms with E-state index in [2.05, 4.69) is 22.2 Å². The van der Waals surface area contributed by atoms with E-state index in [9.17, 15) is 22.8 Å². The molecule has 38 heavy (non-hydrogen) atoms. The predicted octanol–water partition coefficient (Wildman–Crippen LogP) is 3.36. The predicted molar refractivity (Wildman–Crippen MR) is 138 cm³/mol. The van der Waals surface area contributed by atoms with E-state index in [0.29, 0.717) is 30.5 Å². The van der Waals surface area contributed by atoms with Crippen LogP contribution in [-0.2, 0) is 24.1 Å². The first-order valence-electron chi connectivity index (χ1n) is 13.0. The number of nitrogens with two attached hydrogens (primary N) is 1. The molecule has 2 saturated heterocycles. The number of carbonyl (C=O) groups is 2. The van der Waals surface area contributed by atoms with Crippen molar-refractivity contribution in [3.63, 3.8) is 0 Å². The molecule has 2 unspecified atom stereocenters. The Balaban J connectivity index is 1.30. The molecule has 2 fully saturated rings. The number of halogens is 3. The number of alkyl halides is 3. The van der Waals surface area contributed by atoms with E-state index in [1.165, 1.54) is 6.07 Å². The number of hydrogen-bond acceptors (Lipinski definition) is 5. The molecule has 10 heteroatoms. The number of nitrogens with one attached hydrogen (secondary N) is 1. The zero-order valence-electron chi connectivity index (χ0n) is 21.7. The maximum absolute atomic E-state index is 14.0. The molecular weight excluding hydrogens is 495 g/mol. The largest absolute Gasteiger partial charge is 0.416 e. The van der Waals surface area contributed by atoms with Gasteiger partial charge in [-0.25, -0.2) is 0 Å². The van der Waals surface area contributed by atoms with Gasteiger partial charge in [0.2, 0.25) is 5.91 Å². The molecule has 0 radical (unpaired) electrons. The van der Waals surface area contributed by atoms with Crippen LogP contribution in [0, 0.1) is 11.8 Å². The molecule has 2 aromatic rings. The van der Waals surface area contributed by atoms with Crippen LogP contribution in [-0.4, -0.2) is 72.8 Å². The molecule has 0 bridgehead atoms. The van der Waals surface area contributed by atoms with Gasteiger partial charge in [0, 0.05) is 57.1 Å². The zero-order chi connectivity index (χ0) is 27.2. The van der Waals surface area contributed by atoms with Crippen LogP contribution >= 0.6 is 0 Å². The second-order valence-corrected chi connectivity index (χ2v) is 11.2. The van der Waals surface area contributed by atoms with Gasteiger partial charge in [0.15, 0.2) is 0 Å². The van der Waals surface area contributed by atoms with Crippen molar-refractivity contribution >= 4 is 17.5 Å². The maximum Gasteiger partial charge on any atom is 0.416 e. The SMILES string of the molecule is C[C@H]1CN(CC(N)=O)Cc2cc(C(=O)Nc3ccc(CN4CC5CN(C)CC5C4)c(C(F)(F)F)c3)ccc21. The van der Waals surface area contributed by atoms with Crippen LogP contribution in [0.15, 0.2) is 36.4 Å². The highest BCUT2D eigenvalue weighted by Gasteiger charge is 2.40. The number of nitrogens with zero attached hydrogens (tertiary/aromatic N) is 3. The topological polar surface area (TPSA) is 81.9 Å². The Morgan fingerprint density at radius 3 is 2.37 bits per heavy atom. The first-order chi connectivity index (χ1) is 18.0. The Hall–Kier alpha value is -2.95. The number of fused-ring (bicyclic) bond motifs is 2. The summed E-state index contributed by atoms with van der Waals surface area (Å²) in [5.41, 5.74) is 7.30. The van der Waals surface area contributed by atoms with E-state index in [4.69, 9.17) is 5.73 Å². The van der Waals surface area contributed by atoms with Crippen LogP contribution in [0.3, 0.4) is 0 Å². The van der Waals surface area contributed by atoms with E-state index < -0.39 is 23.6 Å². The molecule has 2 amide bonds. The molecule has 3 aliphatic rings. The number of carbonyl (C=O) groups excluding carboxylic acids is 2. The van der Waals surface area contributed by atoms with Gasteiger partial charge >= 0.3 is 6.18 Å². The van der Waals surface area contributed by atoms with E-state index in [-0.39, 0.29) is 30.3 Å². The van der Waals surface area contributed by atoms with Gasteiger partial charge in [-0.05, 0) is 65.8 Å². The number of rotatable bonds is 6. The van der Waals surface area contributed by atoms with Gasteiger partial charge in [0.1, 0.15) is 0 Å². The molecule has 3 heterocycles. The molecule has 3 atom stereocenters. The fourth-order valence-corrected chi connectivity index (χ4v) is 6.45. The number of benzene rings is 2. The normalized spacial score (nSPS) is 24.3. The first kappa shape index (κ1) is 26.6. The summed E-state index contributed by atoms with van der Waals surface area (Å²) in [5, 5.41) is 2.64. The number of amides is 2. The van der Waals surface area contributed by atoms with Crippen LogP contribution in [0.4, 0.5) is 18.9 Å². The molecule has 2 aromatic carbocycles. The zero-order valence-corrected chi connectivity index (χ0v) is 21.7. The monoisotopic (exact) mass is 529 g/mol. The molecule has 0 aromatic heterocycles. The lowest BCUT2D eigenvalue weighted by Crippen LogP contribution is -2.38. The van der Waals surface area contributed by atoms with Crippen LogP contribution in [0.5, 0.6) is 0 Å². The van der Waals surface area contributed by atoms with Crippen molar-refractivity contribution in [1.29, 1.82) is 0 Å². The summed E-state index contributed by atoms with van der Waals surface area (Å²) in [6.45, 7) is 7.16. The summed E-state index contributed by atoms with van der Waals surface area (Å²) >= 11 is 0. The molecule has 0 spiro atoms. The van der Waals surface area contributed by atoms with Crippen molar-refractivity contribution in [2.75, 3.05) is 51.6 Å². The van der Waals surface area contributed by atoms with Gasteiger partial charge < -0.3 is 16.0 Å². The van der Waals surface area contributed by atoms with Crippen molar-refractivity contribution in [3.05, 3.63) is 64.2 Å². The second-order valence-electron chi connectivity index (χ2n) is 11.2. The number of hydrogen-bond donors (Lipinski definition) is 2. The molecule has 0 aliphatic carbocycles. The van der Waals surface area contributed by atoms with Gasteiger partial charge in [-0.3, -0.25) is 19.4 Å². The maximum atomic E-state index is 14.0. The Bertz CT molecular complexity index is 1220. The van der Waals surface area contributed by atoms with E-state index in [1.807, 2.05) is 17.9 Å². The summed E-state index contributed by atoms with van der Waals surface area (Å²) < 4.78 is 42.1. The Labute approximate surface area is 220 Å². The minimum absolute atomic E-state index is 0.104. The molecule has 204 valence electrons. The van der Waals surface area contributed by atoms with E-state index in [1.54, 1.807) is 18.2 Å². The van der Waals surface area contributed by atoms with Crippen LogP contribution in [0.1, 0.15) is 45.5 Å². The Morgan fingerprint density at radius 1 is 1.00 bits per heavy atom. The van der Waals surface area contributed by atoms with Gasteiger partial charge in [-0.2, -0.15) is 13.2 Å². The standard InChI is InChI=1S/C28H34F3N5O2/c1-17-9-35(16-26(32)37)13-20-7-18(4-6-24(17)20)27(38)33-23-5-3-19(25(8-23)28(29,30)31)12-36-14-21-10-34(2)11-22(21)15-36/h3-8,17,21-22H,9-16H2,1-2H3,(H2,32,37)(H,33,38)/t17-,21?,22?/m0/s1. The third-order valence-electron chi connectivity index (χ3n) is 8.05. The lowest BCUT2D eigenvalue weighted by Gasteiger charge is -2.32. The second kappa shape index (κ2) is 10.3. The van der Waals surface area contributed by atoms with Crippen LogP contribution in [0.25, 0.3) is 0 Å². The summed E-state index contributed by atoms with van der Waals surface area (Å²) in [5.74, 6) is 0.280. The average Bonchev–Trinajstić information content (AvgIpc) is 3.35. The van der Waals surface area contributed by atoms with Crippen LogP contribution in [0.2, 0.25) is 0 Å². The molecule has 3 aliphatic heterocycles. The van der Waals surface area contributed by atoms with Gasteiger partial charge in [-0.15, -0.1) is 0 Å². The fraction of sp³-hybridized carbons (Fsp3) is 0.500. The fourth-order valence-electron chi connectivity index (χ4n) is 6.45. The van der Waals surface area contributed by atoms with E-state index in [0.717, 1.165) is 43.4 Å². The molecular formula is C28H34F3N5O2. The van der Waals surface area contributed by atoms with Crippen molar-refractivity contribution in [2.45, 2.75) is 32.1 Å². The number of likely N-dealkylation sites (tertiary alicyclic amines) is 2. The first-order valence-corrected chi connectivity index (χ1v) is 13.0. The smallest absolute Gasteiger partial charge is 0.369 e. The van der Waals surface area contributed by atoms with Gasteiger partial charge in [0.25, 0.3) is 5.91 Å². The highest BCUT2D eigenvalue weighted by Crippen LogP contribution is 2.37. The summed E-state index contributed by atoms with van der Waals surface area (Å²) in [4.78, 5) is 30.7. The van der Waals surface area contributed by atoms with Gasteiger partial charge in [-0.1, -0.05) is 19.1 Å². The molecule has 0 saturated carbocycles. The molecule has 7 nitrogen and oxygen atoms in total. The van der Waals surface area contributed by atoms with Crippen molar-refractivity contribution < 1.29 is 22.8 Å². The highest BCUT2D eigenvalue weighted by atomic mass is 19.4. The molecule has 5 rings (SSSR count). The quantitative estimate of drug-likeness (QED) is 0.600. The third-order valence-corrected chi connectivity index (χ3v) is 8.05. The third kappa shape index (κ3) is 5.72. The van der Waals surface area contributed by atoms with Crippen molar-refractivity contribution in [1.82, 2.24) is 14.7 Å². The average molecular weight is 530 g/mol. The highest BCUT2D eigenvalue weighted by molar-refractivity contribution is 6.04. The van der Waals surface area contributed by atoms with Crippen LogP contribution < -0.4 is 11.1 Å². The minimum Gasteiger partial charge on any atom is -0.369 e. The summed E-state index contributed by atoms with van der Waals surface area (Å²) in [6, 6.07) is 9.37. The van der Waals surface area contributed by atoms with E-state index >= 15 is 0 Å². The number of primary amides is 1. The Morgan fingerprint density at radius 2 is 1.71 bits per heavy atom. The molecule has 3 N–H and O–H groups in total.